The molecule has 2 aromatic rings. The van der Waals surface area contributed by atoms with Crippen LogP contribution in [-0.4, -0.2) is 4.98 Å². The minimum absolute atomic E-state index is 0.0231. The molecule has 1 aromatic heterocycles. The molecule has 94 valence electrons. The maximum absolute atomic E-state index is 13.0. The zero-order valence-electron chi connectivity index (χ0n) is 8.80. The molecule has 0 aliphatic carbocycles. The molecule has 18 heavy (non-hydrogen) atoms. The number of nitrogens with zero attached hydrogens (tertiary/aromatic N) is 1. The minimum Gasteiger partial charge on any atom is -0.249 e. The van der Waals surface area contributed by atoms with Gasteiger partial charge in [-0.05, 0) is 33.6 Å². The number of halogens is 5. The molecule has 6 heteroatoms. The summed E-state index contributed by atoms with van der Waals surface area (Å²) in [6, 6.07) is 7.21. The highest BCUT2D eigenvalue weighted by molar-refractivity contribution is 9.10. The number of hydrogen-bond donors (Lipinski definition) is 0. The molecule has 0 radical (unpaired) electrons. The lowest BCUT2D eigenvalue weighted by atomic mass is 10.0. The maximum atomic E-state index is 13.0. The Bertz CT molecular complexity index is 567. The van der Waals surface area contributed by atoms with Crippen LogP contribution in [0.2, 0.25) is 5.02 Å². The third-order valence-corrected chi connectivity index (χ3v) is 3.12. The first kappa shape index (κ1) is 13.4. The van der Waals surface area contributed by atoms with E-state index in [1.54, 1.807) is 12.1 Å². The highest BCUT2D eigenvalue weighted by Gasteiger charge is 2.36. The second-order valence-corrected chi connectivity index (χ2v) is 4.75. The van der Waals surface area contributed by atoms with E-state index in [9.17, 15) is 13.2 Å². The van der Waals surface area contributed by atoms with Gasteiger partial charge in [-0.1, -0.05) is 29.8 Å². The van der Waals surface area contributed by atoms with Crippen molar-refractivity contribution in [3.63, 3.8) is 0 Å². The zero-order valence-corrected chi connectivity index (χ0v) is 11.1. The highest BCUT2D eigenvalue weighted by Crippen LogP contribution is 2.41. The molecule has 0 fully saturated rings. The molecular formula is C12H6BrClF3N. The predicted octanol–water partition coefficient (Wildman–Crippen LogP) is 5.18. The molecule has 1 heterocycles. The molecule has 0 atom stereocenters. The lowest BCUT2D eigenvalue weighted by Gasteiger charge is -2.14. The summed E-state index contributed by atoms with van der Waals surface area (Å²) in [5.41, 5.74) is -0.446. The second kappa shape index (κ2) is 4.90. The van der Waals surface area contributed by atoms with Gasteiger partial charge in [0.1, 0.15) is 4.60 Å². The fourth-order valence-electron chi connectivity index (χ4n) is 1.59. The molecule has 0 spiro atoms. The molecule has 2 rings (SSSR count). The van der Waals surface area contributed by atoms with Gasteiger partial charge in [-0.25, -0.2) is 4.98 Å². The standard InChI is InChI=1S/C12H6BrClF3N/c13-10-5-4-7(6-18-10)8-2-1-3-9(14)11(8)12(15,16)17/h1-6H. The van der Waals surface area contributed by atoms with Gasteiger partial charge in [0.15, 0.2) is 0 Å². The topological polar surface area (TPSA) is 12.9 Å². The molecule has 0 aliphatic rings. The van der Waals surface area contributed by atoms with Gasteiger partial charge in [-0.15, -0.1) is 0 Å². The van der Waals surface area contributed by atoms with Crippen molar-refractivity contribution in [2.24, 2.45) is 0 Å². The van der Waals surface area contributed by atoms with E-state index >= 15 is 0 Å². The largest absolute Gasteiger partial charge is 0.418 e. The van der Waals surface area contributed by atoms with Crippen LogP contribution in [-0.2, 0) is 6.18 Å². The summed E-state index contributed by atoms with van der Waals surface area (Å²) in [4.78, 5) is 3.91. The zero-order chi connectivity index (χ0) is 13.3. The fraction of sp³-hybridized carbons (Fsp3) is 0.0833. The van der Waals surface area contributed by atoms with E-state index in [0.717, 1.165) is 0 Å². The van der Waals surface area contributed by atoms with Crippen molar-refractivity contribution in [3.8, 4) is 11.1 Å². The first-order valence-electron chi connectivity index (χ1n) is 4.87. The SMILES string of the molecule is FC(F)(F)c1c(Cl)cccc1-c1ccc(Br)nc1. The number of benzene rings is 1. The summed E-state index contributed by atoms with van der Waals surface area (Å²) in [6.07, 6.45) is -3.13. The lowest BCUT2D eigenvalue weighted by Crippen LogP contribution is -2.08. The molecule has 0 amide bonds. The molecule has 0 saturated heterocycles. The molecule has 0 unspecified atom stereocenters. The van der Waals surface area contributed by atoms with Crippen molar-refractivity contribution < 1.29 is 13.2 Å². The van der Waals surface area contributed by atoms with Crippen LogP contribution in [0.1, 0.15) is 5.56 Å². The number of alkyl halides is 3. The van der Waals surface area contributed by atoms with Gasteiger partial charge >= 0.3 is 6.18 Å². The van der Waals surface area contributed by atoms with Crippen LogP contribution >= 0.6 is 27.5 Å². The summed E-state index contributed by atoms with van der Waals surface area (Å²) < 4.78 is 39.4. The van der Waals surface area contributed by atoms with E-state index in [1.807, 2.05) is 0 Å². The third-order valence-electron chi connectivity index (χ3n) is 2.34. The van der Waals surface area contributed by atoms with Gasteiger partial charge in [0.05, 0.1) is 10.6 Å². The summed E-state index contributed by atoms with van der Waals surface area (Å²) >= 11 is 8.78. The summed E-state index contributed by atoms with van der Waals surface area (Å²) in [7, 11) is 0. The van der Waals surface area contributed by atoms with Crippen LogP contribution in [0.4, 0.5) is 13.2 Å². The second-order valence-electron chi connectivity index (χ2n) is 3.53. The number of hydrogen-bond acceptors (Lipinski definition) is 1. The smallest absolute Gasteiger partial charge is 0.249 e. The molecular weight excluding hydrogens is 330 g/mol. The van der Waals surface area contributed by atoms with Crippen LogP contribution in [0.15, 0.2) is 41.1 Å². The number of rotatable bonds is 1. The van der Waals surface area contributed by atoms with Crippen molar-refractivity contribution >= 4 is 27.5 Å². The van der Waals surface area contributed by atoms with Crippen molar-refractivity contribution in [1.82, 2.24) is 4.98 Å². The predicted molar refractivity (Wildman–Crippen MR) is 67.4 cm³/mol. The van der Waals surface area contributed by atoms with E-state index in [4.69, 9.17) is 11.6 Å². The van der Waals surface area contributed by atoms with Gasteiger partial charge in [0, 0.05) is 11.8 Å². The fourth-order valence-corrected chi connectivity index (χ4v) is 2.10. The van der Waals surface area contributed by atoms with Crippen molar-refractivity contribution in [2.45, 2.75) is 6.18 Å². The van der Waals surface area contributed by atoms with Crippen LogP contribution in [0.25, 0.3) is 11.1 Å². The maximum Gasteiger partial charge on any atom is 0.418 e. The van der Waals surface area contributed by atoms with E-state index in [-0.39, 0.29) is 10.6 Å². The van der Waals surface area contributed by atoms with Gasteiger partial charge in [0.25, 0.3) is 0 Å². The Labute approximate surface area is 115 Å². The Kier molecular flexibility index (Phi) is 3.64. The first-order valence-corrected chi connectivity index (χ1v) is 6.04. The summed E-state index contributed by atoms with van der Waals surface area (Å²) in [6.45, 7) is 0. The van der Waals surface area contributed by atoms with E-state index in [2.05, 4.69) is 20.9 Å². The normalized spacial score (nSPS) is 11.6. The minimum atomic E-state index is -4.50. The highest BCUT2D eigenvalue weighted by atomic mass is 79.9. The third kappa shape index (κ3) is 2.67. The van der Waals surface area contributed by atoms with Gasteiger partial charge in [-0.3, -0.25) is 0 Å². The van der Waals surface area contributed by atoms with Crippen LogP contribution in [0.3, 0.4) is 0 Å². The molecule has 0 aliphatic heterocycles. The average Bonchev–Trinajstić information content (AvgIpc) is 2.28. The summed E-state index contributed by atoms with van der Waals surface area (Å²) in [5.74, 6) is 0. The van der Waals surface area contributed by atoms with Crippen molar-refractivity contribution in [3.05, 3.63) is 51.7 Å². The van der Waals surface area contributed by atoms with Crippen LogP contribution < -0.4 is 0 Å². The van der Waals surface area contributed by atoms with Crippen molar-refractivity contribution in [1.29, 1.82) is 0 Å². The molecule has 1 nitrogen and oxygen atoms in total. The average molecular weight is 337 g/mol. The quantitative estimate of drug-likeness (QED) is 0.654. The summed E-state index contributed by atoms with van der Waals surface area (Å²) in [5, 5.41) is -0.317. The van der Waals surface area contributed by atoms with E-state index in [1.165, 1.54) is 24.4 Å². The Morgan fingerprint density at radius 2 is 1.83 bits per heavy atom. The van der Waals surface area contributed by atoms with Crippen LogP contribution in [0.5, 0.6) is 0 Å². The Balaban J connectivity index is 2.65. The lowest BCUT2D eigenvalue weighted by molar-refractivity contribution is -0.137. The van der Waals surface area contributed by atoms with Crippen molar-refractivity contribution in [2.75, 3.05) is 0 Å². The first-order chi connectivity index (χ1) is 8.39. The molecule has 0 saturated carbocycles. The number of pyridine rings is 1. The Morgan fingerprint density at radius 3 is 2.39 bits per heavy atom. The molecule has 1 aromatic carbocycles. The Hall–Kier alpha value is -1.07. The van der Waals surface area contributed by atoms with E-state index in [0.29, 0.717) is 10.2 Å². The van der Waals surface area contributed by atoms with Crippen LogP contribution in [0, 0.1) is 0 Å². The van der Waals surface area contributed by atoms with E-state index < -0.39 is 11.7 Å². The molecule has 0 bridgehead atoms. The molecule has 0 N–H and O–H groups in total. The monoisotopic (exact) mass is 335 g/mol. The number of aromatic nitrogens is 1. The Morgan fingerprint density at radius 1 is 1.11 bits per heavy atom. The van der Waals surface area contributed by atoms with Gasteiger partial charge in [-0.2, -0.15) is 13.2 Å². The van der Waals surface area contributed by atoms with Gasteiger partial charge in [0.2, 0.25) is 0 Å². The van der Waals surface area contributed by atoms with Gasteiger partial charge < -0.3 is 0 Å².